The standard InChI is InChI=1S/C28H27F2NO3/c1-18-25-10-7-23(32)14-26(25)34-28(27(18)21-3-2-4-22(30)13-21)20-5-8-24(9-6-20)33-12-11-31-16-19(15-29)17-31/h2-10,13-14,19,28,32H,11-12,15-17H2,1H3/t28-/m1/s1. The molecule has 0 amide bonds. The molecular formula is C28H27F2NO3. The number of benzene rings is 3. The maximum Gasteiger partial charge on any atom is 0.150 e. The molecule has 3 aromatic rings. The summed E-state index contributed by atoms with van der Waals surface area (Å²) in [5, 5.41) is 9.97. The van der Waals surface area contributed by atoms with Crippen LogP contribution < -0.4 is 9.47 Å². The lowest BCUT2D eigenvalue weighted by atomic mass is 9.86. The summed E-state index contributed by atoms with van der Waals surface area (Å²) in [6.07, 6.45) is -0.469. The SMILES string of the molecule is CC1=C(c2cccc(F)c2)[C@@H](c2ccc(OCCN3CC(CF)C3)cc2)Oc2cc(O)ccc21. The minimum absolute atomic E-state index is 0.128. The van der Waals surface area contributed by atoms with Crippen molar-refractivity contribution in [3.63, 3.8) is 0 Å². The second-order valence-electron chi connectivity index (χ2n) is 8.92. The number of hydrogen-bond donors (Lipinski definition) is 1. The molecule has 176 valence electrons. The molecule has 2 heterocycles. The van der Waals surface area contributed by atoms with E-state index in [1.807, 2.05) is 43.3 Å². The van der Waals surface area contributed by atoms with Crippen LogP contribution in [0.15, 0.2) is 66.7 Å². The predicted octanol–water partition coefficient (Wildman–Crippen LogP) is 5.88. The second kappa shape index (κ2) is 9.47. The molecule has 0 aromatic heterocycles. The van der Waals surface area contributed by atoms with Crippen LogP contribution in [0.25, 0.3) is 11.1 Å². The van der Waals surface area contributed by atoms with Gasteiger partial charge in [-0.25, -0.2) is 4.39 Å². The molecule has 1 saturated heterocycles. The first-order chi connectivity index (χ1) is 16.5. The van der Waals surface area contributed by atoms with Crippen LogP contribution in [0.1, 0.15) is 29.7 Å². The van der Waals surface area contributed by atoms with Gasteiger partial charge in [0.1, 0.15) is 35.8 Å². The minimum Gasteiger partial charge on any atom is -0.508 e. The fourth-order valence-corrected chi connectivity index (χ4v) is 4.69. The Labute approximate surface area is 198 Å². The molecule has 0 spiro atoms. The first-order valence-corrected chi connectivity index (χ1v) is 11.5. The topological polar surface area (TPSA) is 41.9 Å². The fourth-order valence-electron chi connectivity index (χ4n) is 4.69. The molecule has 0 radical (unpaired) electrons. The van der Waals surface area contributed by atoms with E-state index in [9.17, 15) is 13.9 Å². The zero-order valence-corrected chi connectivity index (χ0v) is 19.0. The number of ether oxygens (including phenoxy) is 2. The van der Waals surface area contributed by atoms with Gasteiger partial charge in [0.25, 0.3) is 0 Å². The van der Waals surface area contributed by atoms with Gasteiger partial charge in [0.05, 0.1) is 6.67 Å². The van der Waals surface area contributed by atoms with Crippen molar-refractivity contribution < 1.29 is 23.4 Å². The third kappa shape index (κ3) is 4.50. The molecule has 1 N–H and O–H groups in total. The zero-order valence-electron chi connectivity index (χ0n) is 19.0. The van der Waals surface area contributed by atoms with Crippen molar-refractivity contribution in [1.29, 1.82) is 0 Å². The molecule has 4 nitrogen and oxygen atoms in total. The predicted molar refractivity (Wildman–Crippen MR) is 128 cm³/mol. The van der Waals surface area contributed by atoms with Crippen molar-refractivity contribution >= 4 is 11.1 Å². The summed E-state index contributed by atoms with van der Waals surface area (Å²) in [4.78, 5) is 2.18. The summed E-state index contributed by atoms with van der Waals surface area (Å²) >= 11 is 0. The Morgan fingerprint density at radius 2 is 1.85 bits per heavy atom. The van der Waals surface area contributed by atoms with E-state index in [4.69, 9.17) is 9.47 Å². The highest BCUT2D eigenvalue weighted by molar-refractivity contribution is 5.95. The molecule has 2 aliphatic rings. The molecule has 0 saturated carbocycles. The first kappa shape index (κ1) is 22.4. The highest BCUT2D eigenvalue weighted by atomic mass is 19.1. The highest BCUT2D eigenvalue weighted by Crippen LogP contribution is 2.47. The van der Waals surface area contributed by atoms with E-state index in [0.717, 1.165) is 53.2 Å². The molecule has 0 bridgehead atoms. The number of hydrogen-bond acceptors (Lipinski definition) is 4. The summed E-state index contributed by atoms with van der Waals surface area (Å²) in [7, 11) is 0. The van der Waals surface area contributed by atoms with Gasteiger partial charge in [0.2, 0.25) is 0 Å². The Hall–Kier alpha value is -3.38. The molecule has 0 unspecified atom stereocenters. The maximum absolute atomic E-state index is 14.1. The molecule has 1 atom stereocenters. The van der Waals surface area contributed by atoms with Gasteiger partial charge in [0.15, 0.2) is 0 Å². The van der Waals surface area contributed by atoms with Crippen molar-refractivity contribution in [2.45, 2.75) is 13.0 Å². The van der Waals surface area contributed by atoms with E-state index < -0.39 is 6.10 Å². The number of rotatable bonds is 7. The molecule has 1 fully saturated rings. The molecule has 3 aromatic carbocycles. The van der Waals surface area contributed by atoms with Gasteiger partial charge in [-0.05, 0) is 60.0 Å². The molecule has 5 rings (SSSR count). The van der Waals surface area contributed by atoms with Crippen molar-refractivity contribution in [3.8, 4) is 17.2 Å². The lowest BCUT2D eigenvalue weighted by Gasteiger charge is -2.37. The highest BCUT2D eigenvalue weighted by Gasteiger charge is 2.30. The zero-order chi connectivity index (χ0) is 23.7. The van der Waals surface area contributed by atoms with Crippen LogP contribution >= 0.6 is 0 Å². The maximum atomic E-state index is 14.1. The van der Waals surface area contributed by atoms with E-state index in [2.05, 4.69) is 4.90 Å². The largest absolute Gasteiger partial charge is 0.508 e. The Morgan fingerprint density at radius 1 is 1.06 bits per heavy atom. The quantitative estimate of drug-likeness (QED) is 0.476. The van der Waals surface area contributed by atoms with E-state index in [1.54, 1.807) is 18.2 Å². The molecule has 34 heavy (non-hydrogen) atoms. The van der Waals surface area contributed by atoms with Crippen LogP contribution in [0.2, 0.25) is 0 Å². The fraction of sp³-hybridized carbons (Fsp3) is 0.286. The molecule has 2 aliphatic heterocycles. The van der Waals surface area contributed by atoms with Crippen LogP contribution in [-0.4, -0.2) is 42.9 Å². The normalized spacial score (nSPS) is 18.3. The summed E-state index contributed by atoms with van der Waals surface area (Å²) in [5.41, 5.74) is 4.37. The summed E-state index contributed by atoms with van der Waals surface area (Å²) in [6, 6.07) is 19.3. The van der Waals surface area contributed by atoms with Crippen molar-refractivity contribution in [3.05, 3.63) is 89.2 Å². The Morgan fingerprint density at radius 3 is 2.59 bits per heavy atom. The van der Waals surface area contributed by atoms with Gasteiger partial charge in [-0.1, -0.05) is 24.3 Å². The van der Waals surface area contributed by atoms with Crippen LogP contribution in [0.5, 0.6) is 17.2 Å². The van der Waals surface area contributed by atoms with Crippen LogP contribution in [0.4, 0.5) is 8.78 Å². The Kier molecular flexibility index (Phi) is 6.24. The van der Waals surface area contributed by atoms with Crippen LogP contribution in [0.3, 0.4) is 0 Å². The van der Waals surface area contributed by atoms with Crippen LogP contribution in [-0.2, 0) is 0 Å². The van der Waals surface area contributed by atoms with E-state index >= 15 is 0 Å². The number of aromatic hydroxyl groups is 1. The minimum atomic E-state index is -0.469. The molecule has 0 aliphatic carbocycles. The van der Waals surface area contributed by atoms with Crippen molar-refractivity contribution in [2.24, 2.45) is 5.92 Å². The number of phenolic OH excluding ortho intramolecular Hbond substituents is 1. The van der Waals surface area contributed by atoms with E-state index in [0.29, 0.717) is 12.4 Å². The summed E-state index contributed by atoms with van der Waals surface area (Å²) < 4.78 is 38.9. The van der Waals surface area contributed by atoms with Crippen molar-refractivity contribution in [1.82, 2.24) is 4.90 Å². The number of alkyl halides is 1. The van der Waals surface area contributed by atoms with Crippen molar-refractivity contribution in [2.75, 3.05) is 32.9 Å². The third-order valence-electron chi connectivity index (χ3n) is 6.53. The van der Waals surface area contributed by atoms with E-state index in [1.165, 1.54) is 12.1 Å². The second-order valence-corrected chi connectivity index (χ2v) is 8.92. The number of fused-ring (bicyclic) bond motifs is 1. The average molecular weight is 464 g/mol. The monoisotopic (exact) mass is 463 g/mol. The van der Waals surface area contributed by atoms with Crippen LogP contribution in [0, 0.1) is 11.7 Å². The van der Waals surface area contributed by atoms with Gasteiger partial charge in [-0.2, -0.15) is 0 Å². The Balaban J connectivity index is 1.38. The number of nitrogens with zero attached hydrogens (tertiary/aromatic N) is 1. The summed E-state index contributed by atoms with van der Waals surface area (Å²) in [6.45, 7) is 4.64. The number of likely N-dealkylation sites (tertiary alicyclic amines) is 1. The van der Waals surface area contributed by atoms with E-state index in [-0.39, 0.29) is 24.2 Å². The van der Waals surface area contributed by atoms with Gasteiger partial charge < -0.3 is 14.6 Å². The first-order valence-electron chi connectivity index (χ1n) is 11.5. The average Bonchev–Trinajstić information content (AvgIpc) is 2.80. The Bertz CT molecular complexity index is 1200. The molecule has 6 heteroatoms. The number of phenols is 1. The van der Waals surface area contributed by atoms with Gasteiger partial charge in [-0.3, -0.25) is 9.29 Å². The third-order valence-corrected chi connectivity index (χ3v) is 6.53. The molecular weight excluding hydrogens is 436 g/mol. The lowest BCUT2D eigenvalue weighted by Crippen LogP contribution is -2.49. The van der Waals surface area contributed by atoms with Gasteiger partial charge >= 0.3 is 0 Å². The smallest absolute Gasteiger partial charge is 0.150 e. The number of halogens is 2. The van der Waals surface area contributed by atoms with Gasteiger partial charge in [-0.15, -0.1) is 0 Å². The number of allylic oxidation sites excluding steroid dienone is 1. The van der Waals surface area contributed by atoms with Gasteiger partial charge in [0, 0.05) is 42.8 Å². The summed E-state index contributed by atoms with van der Waals surface area (Å²) in [5.74, 6) is 1.32. The lowest BCUT2D eigenvalue weighted by molar-refractivity contribution is 0.0668.